The van der Waals surface area contributed by atoms with Gasteiger partial charge >= 0.3 is 12.1 Å². The summed E-state index contributed by atoms with van der Waals surface area (Å²) < 4.78 is 9.96. The van der Waals surface area contributed by atoms with Crippen molar-refractivity contribution in [3.63, 3.8) is 0 Å². The van der Waals surface area contributed by atoms with Crippen molar-refractivity contribution >= 4 is 17.8 Å². The fraction of sp³-hybridized carbons (Fsp3) is 0.833. The number of hydrogen-bond acceptors (Lipinski definition) is 6. The molecule has 1 rings (SSSR count). The number of rotatable bonds is 6. The van der Waals surface area contributed by atoms with E-state index < -0.39 is 41.6 Å². The van der Waals surface area contributed by atoms with Crippen LogP contribution in [0, 0.1) is 17.8 Å². The van der Waals surface area contributed by atoms with Crippen LogP contribution in [0.3, 0.4) is 0 Å². The van der Waals surface area contributed by atoms with Crippen LogP contribution >= 0.6 is 0 Å². The first kappa shape index (κ1) is 21.4. The number of carbonyl (C=O) groups is 3. The van der Waals surface area contributed by atoms with Gasteiger partial charge in [0.15, 0.2) is 0 Å². The lowest BCUT2D eigenvalue weighted by Gasteiger charge is -2.27. The minimum atomic E-state index is -1.18. The molecule has 2 N–H and O–H groups in total. The maximum atomic E-state index is 12.8. The van der Waals surface area contributed by atoms with Gasteiger partial charge in [-0.05, 0) is 40.0 Å². The van der Waals surface area contributed by atoms with Crippen LogP contribution in [0.5, 0.6) is 0 Å². The number of esters is 1. The molecule has 0 bridgehead atoms. The van der Waals surface area contributed by atoms with Crippen molar-refractivity contribution in [1.82, 2.24) is 5.32 Å². The van der Waals surface area contributed by atoms with Gasteiger partial charge in [0.1, 0.15) is 11.4 Å². The summed E-state index contributed by atoms with van der Waals surface area (Å²) in [5, 5.41) is 13.2. The highest BCUT2D eigenvalue weighted by molar-refractivity contribution is 5.87. The molecule has 7 heteroatoms. The molecule has 0 aromatic carbocycles. The van der Waals surface area contributed by atoms with E-state index in [0.29, 0.717) is 12.8 Å². The Balaban J connectivity index is 3.02. The number of methoxy groups -OCH3 is 1. The summed E-state index contributed by atoms with van der Waals surface area (Å²) in [5.74, 6) is -2.62. The number of carbonyl (C=O) groups excluding carboxylic acids is 3. The van der Waals surface area contributed by atoms with Crippen LogP contribution in [0.4, 0.5) is 4.79 Å². The Kier molecular flexibility index (Phi) is 7.41. The third-order valence-corrected chi connectivity index (χ3v) is 4.64. The molecule has 0 saturated heterocycles. The van der Waals surface area contributed by atoms with Crippen LogP contribution in [0.2, 0.25) is 0 Å². The van der Waals surface area contributed by atoms with Crippen molar-refractivity contribution in [2.75, 3.05) is 7.11 Å². The smallest absolute Gasteiger partial charge is 0.407 e. The number of ether oxygens (including phenoxy) is 2. The molecule has 0 aliphatic heterocycles. The number of Topliss-reactive ketones (excluding diaryl/α,β-unsaturated/α-hetero) is 1. The van der Waals surface area contributed by atoms with Crippen molar-refractivity contribution in [2.24, 2.45) is 17.8 Å². The summed E-state index contributed by atoms with van der Waals surface area (Å²) in [6.07, 6.45) is -0.428. The van der Waals surface area contributed by atoms with Crippen LogP contribution in [-0.4, -0.2) is 47.8 Å². The molecular formula is C18H31NO6. The van der Waals surface area contributed by atoms with Gasteiger partial charge in [-0.25, -0.2) is 4.79 Å². The molecule has 1 amide bonds. The highest BCUT2D eigenvalue weighted by Crippen LogP contribution is 2.36. The fourth-order valence-corrected chi connectivity index (χ4v) is 3.37. The number of nitrogens with one attached hydrogen (secondary N) is 1. The molecule has 1 saturated carbocycles. The van der Waals surface area contributed by atoms with E-state index in [1.807, 2.05) is 13.8 Å². The Morgan fingerprint density at radius 1 is 1.20 bits per heavy atom. The Bertz CT molecular complexity index is 494. The third kappa shape index (κ3) is 5.42. The monoisotopic (exact) mass is 357 g/mol. The highest BCUT2D eigenvalue weighted by atomic mass is 16.6. The van der Waals surface area contributed by atoms with Crippen LogP contribution < -0.4 is 5.32 Å². The van der Waals surface area contributed by atoms with E-state index in [1.165, 1.54) is 7.11 Å². The lowest BCUT2D eigenvalue weighted by molar-refractivity contribution is -0.149. The Labute approximate surface area is 149 Å². The average Bonchev–Trinajstić information content (AvgIpc) is 2.81. The summed E-state index contributed by atoms with van der Waals surface area (Å²) in [6, 6.07) is -0.665. The van der Waals surface area contributed by atoms with E-state index in [-0.39, 0.29) is 18.1 Å². The molecule has 0 aromatic rings. The second-order valence-electron chi connectivity index (χ2n) is 7.55. The zero-order valence-corrected chi connectivity index (χ0v) is 16.0. The standard InChI is InChI=1S/C18H31NO6/c1-7-10(8-2)14(20)13-12(19-17(23)25-18(3,4)5)9-11(15(13)21)16(22)24-6/h10-13,15,21H,7-9H2,1-6H3,(H,19,23)/t11-,12+,13+,15+/m0/s1. The minimum Gasteiger partial charge on any atom is -0.469 e. The predicted octanol–water partition coefficient (Wildman–Crippen LogP) is 2.05. The van der Waals surface area contributed by atoms with Gasteiger partial charge in [0.2, 0.25) is 0 Å². The summed E-state index contributed by atoms with van der Waals surface area (Å²) in [5.41, 5.74) is -0.683. The summed E-state index contributed by atoms with van der Waals surface area (Å²) in [7, 11) is 1.24. The van der Waals surface area contributed by atoms with E-state index in [2.05, 4.69) is 5.32 Å². The molecule has 0 heterocycles. The third-order valence-electron chi connectivity index (χ3n) is 4.64. The van der Waals surface area contributed by atoms with Crippen molar-refractivity contribution < 1.29 is 29.0 Å². The number of hydrogen-bond donors (Lipinski definition) is 2. The first-order valence-electron chi connectivity index (χ1n) is 8.84. The maximum Gasteiger partial charge on any atom is 0.407 e. The molecule has 0 aromatic heterocycles. The van der Waals surface area contributed by atoms with Gasteiger partial charge in [-0.1, -0.05) is 13.8 Å². The van der Waals surface area contributed by atoms with Gasteiger partial charge in [-0.2, -0.15) is 0 Å². The second kappa shape index (κ2) is 8.65. The number of aliphatic hydroxyl groups is 1. The lowest BCUT2D eigenvalue weighted by Crippen LogP contribution is -2.46. The zero-order valence-electron chi connectivity index (χ0n) is 16.0. The van der Waals surface area contributed by atoms with Crippen LogP contribution in [-0.2, 0) is 19.1 Å². The summed E-state index contributed by atoms with van der Waals surface area (Å²) in [6.45, 7) is 9.02. The van der Waals surface area contributed by atoms with Gasteiger partial charge in [0.05, 0.1) is 25.0 Å². The van der Waals surface area contributed by atoms with E-state index in [4.69, 9.17) is 9.47 Å². The molecule has 1 aliphatic carbocycles. The largest absolute Gasteiger partial charge is 0.469 e. The quantitative estimate of drug-likeness (QED) is 0.706. The van der Waals surface area contributed by atoms with E-state index >= 15 is 0 Å². The molecular weight excluding hydrogens is 326 g/mol. The zero-order chi connectivity index (χ0) is 19.4. The van der Waals surface area contributed by atoms with Crippen LogP contribution in [0.15, 0.2) is 0 Å². The van der Waals surface area contributed by atoms with E-state index in [9.17, 15) is 19.5 Å². The average molecular weight is 357 g/mol. The number of ketones is 1. The summed E-state index contributed by atoms with van der Waals surface area (Å²) >= 11 is 0. The molecule has 7 nitrogen and oxygen atoms in total. The molecule has 0 unspecified atom stereocenters. The molecule has 25 heavy (non-hydrogen) atoms. The van der Waals surface area contributed by atoms with Crippen molar-refractivity contribution in [2.45, 2.75) is 71.6 Å². The van der Waals surface area contributed by atoms with Crippen molar-refractivity contribution in [1.29, 1.82) is 0 Å². The first-order chi connectivity index (χ1) is 11.6. The second-order valence-corrected chi connectivity index (χ2v) is 7.55. The first-order valence-corrected chi connectivity index (χ1v) is 8.84. The number of aliphatic hydroxyl groups excluding tert-OH is 1. The maximum absolute atomic E-state index is 12.8. The van der Waals surface area contributed by atoms with Crippen LogP contribution in [0.25, 0.3) is 0 Å². The van der Waals surface area contributed by atoms with Gasteiger partial charge in [0, 0.05) is 12.0 Å². The predicted molar refractivity (Wildman–Crippen MR) is 91.9 cm³/mol. The van der Waals surface area contributed by atoms with Gasteiger partial charge in [-0.3, -0.25) is 9.59 Å². The molecule has 1 aliphatic rings. The topological polar surface area (TPSA) is 102 Å². The van der Waals surface area contributed by atoms with Crippen molar-refractivity contribution in [3.8, 4) is 0 Å². The molecule has 4 atom stereocenters. The fourth-order valence-electron chi connectivity index (χ4n) is 3.37. The van der Waals surface area contributed by atoms with Gasteiger partial charge in [-0.15, -0.1) is 0 Å². The van der Waals surface area contributed by atoms with Crippen LogP contribution in [0.1, 0.15) is 53.9 Å². The Morgan fingerprint density at radius 3 is 2.20 bits per heavy atom. The molecule has 1 fully saturated rings. The number of alkyl carbamates (subject to hydrolysis) is 1. The normalized spacial score (nSPS) is 26.4. The summed E-state index contributed by atoms with van der Waals surface area (Å²) in [4.78, 5) is 36.9. The number of amides is 1. The van der Waals surface area contributed by atoms with Gasteiger partial charge in [0.25, 0.3) is 0 Å². The molecule has 144 valence electrons. The molecule has 0 spiro atoms. The Morgan fingerprint density at radius 2 is 1.76 bits per heavy atom. The van der Waals surface area contributed by atoms with Crippen molar-refractivity contribution in [3.05, 3.63) is 0 Å². The van der Waals surface area contributed by atoms with E-state index in [0.717, 1.165) is 0 Å². The Hall–Kier alpha value is -1.63. The SMILES string of the molecule is CCC(CC)C(=O)[C@@H]1[C@H](O)[C@@H](C(=O)OC)C[C@H]1NC(=O)OC(C)(C)C. The highest BCUT2D eigenvalue weighted by Gasteiger charge is 2.51. The minimum absolute atomic E-state index is 0.134. The lowest BCUT2D eigenvalue weighted by atomic mass is 9.84. The van der Waals surface area contributed by atoms with E-state index in [1.54, 1.807) is 20.8 Å². The van der Waals surface area contributed by atoms with Gasteiger partial charge < -0.3 is 19.9 Å². The molecule has 0 radical (unpaired) electrons.